The molecule has 8 nitrogen and oxygen atoms in total. The predicted octanol–water partition coefficient (Wildman–Crippen LogP) is 2.53. The fourth-order valence-electron chi connectivity index (χ4n) is 3.59. The normalized spacial score (nSPS) is 16.3. The van der Waals surface area contributed by atoms with Gasteiger partial charge in [0, 0.05) is 37.4 Å². The third kappa shape index (κ3) is 7.42. The Hall–Kier alpha value is -3.39. The molecule has 0 radical (unpaired) electrons. The Morgan fingerprint density at radius 3 is 2.39 bits per heavy atom. The number of hydrogen-bond acceptors (Lipinski definition) is 4. The summed E-state index contributed by atoms with van der Waals surface area (Å²) >= 11 is 0. The minimum Gasteiger partial charge on any atom is -0.369 e. The van der Waals surface area contributed by atoms with E-state index in [0.29, 0.717) is 17.9 Å². The van der Waals surface area contributed by atoms with Crippen LogP contribution >= 0.6 is 0 Å². The van der Waals surface area contributed by atoms with Gasteiger partial charge in [0.1, 0.15) is 0 Å². The standard InChI is InChI=1S/C23H29N5O3/c24-22(30)18-5-4-14-28(16-18)15-17-8-10-20(11-9-17)26-21(29)12-13-25-23(31)27-19-6-2-1-3-7-19/h1-3,6-11,18H,4-5,12-16H2,(H2,24,30)(H,26,29)(H2,25,27,31). The van der Waals surface area contributed by atoms with Crippen LogP contribution < -0.4 is 21.7 Å². The summed E-state index contributed by atoms with van der Waals surface area (Å²) in [5, 5.41) is 8.20. The maximum atomic E-state index is 12.1. The molecule has 0 bridgehead atoms. The Morgan fingerprint density at radius 1 is 0.968 bits per heavy atom. The highest BCUT2D eigenvalue weighted by Crippen LogP contribution is 2.19. The number of carbonyl (C=O) groups excluding carboxylic acids is 3. The Labute approximate surface area is 182 Å². The van der Waals surface area contributed by atoms with Crippen LogP contribution in [0.25, 0.3) is 0 Å². The molecule has 3 rings (SSSR count). The summed E-state index contributed by atoms with van der Waals surface area (Å²) in [5.74, 6) is -0.474. The first-order chi connectivity index (χ1) is 15.0. The molecule has 4 amide bonds. The van der Waals surface area contributed by atoms with Crippen LogP contribution in [0.3, 0.4) is 0 Å². The Morgan fingerprint density at radius 2 is 1.68 bits per heavy atom. The quantitative estimate of drug-likeness (QED) is 0.522. The van der Waals surface area contributed by atoms with Crippen LogP contribution in [0, 0.1) is 5.92 Å². The van der Waals surface area contributed by atoms with Gasteiger partial charge < -0.3 is 21.7 Å². The number of urea groups is 1. The lowest BCUT2D eigenvalue weighted by Gasteiger charge is -2.31. The van der Waals surface area contributed by atoms with Crippen molar-refractivity contribution in [2.24, 2.45) is 11.7 Å². The van der Waals surface area contributed by atoms with Crippen LogP contribution in [0.2, 0.25) is 0 Å². The van der Waals surface area contributed by atoms with E-state index in [0.717, 1.165) is 31.5 Å². The first kappa shape index (κ1) is 22.3. The molecule has 1 fully saturated rings. The number of likely N-dealkylation sites (tertiary alicyclic amines) is 1. The van der Waals surface area contributed by atoms with Gasteiger partial charge >= 0.3 is 6.03 Å². The maximum Gasteiger partial charge on any atom is 0.319 e. The van der Waals surface area contributed by atoms with E-state index in [1.165, 1.54) is 0 Å². The van der Waals surface area contributed by atoms with Gasteiger partial charge in [0.25, 0.3) is 0 Å². The van der Waals surface area contributed by atoms with Crippen molar-refractivity contribution in [1.29, 1.82) is 0 Å². The summed E-state index contributed by atoms with van der Waals surface area (Å²) in [4.78, 5) is 37.6. The summed E-state index contributed by atoms with van der Waals surface area (Å²) < 4.78 is 0. The SMILES string of the molecule is NC(=O)C1CCCN(Cc2ccc(NC(=O)CCNC(=O)Nc3ccccc3)cc2)C1. The smallest absolute Gasteiger partial charge is 0.319 e. The van der Waals surface area contributed by atoms with Crippen molar-refractivity contribution >= 4 is 29.2 Å². The van der Waals surface area contributed by atoms with Gasteiger partial charge in [0.15, 0.2) is 0 Å². The molecular formula is C23H29N5O3. The number of nitrogens with one attached hydrogen (secondary N) is 3. The Kier molecular flexibility index (Phi) is 8.00. The van der Waals surface area contributed by atoms with E-state index in [1.54, 1.807) is 12.1 Å². The predicted molar refractivity (Wildman–Crippen MR) is 120 cm³/mol. The molecule has 0 spiro atoms. The van der Waals surface area contributed by atoms with Crippen molar-refractivity contribution in [3.05, 3.63) is 60.2 Å². The number of anilines is 2. The highest BCUT2D eigenvalue weighted by molar-refractivity contribution is 5.92. The Bertz CT molecular complexity index is 886. The summed E-state index contributed by atoms with van der Waals surface area (Å²) in [5.41, 5.74) is 7.95. The van der Waals surface area contributed by atoms with Crippen molar-refractivity contribution in [2.75, 3.05) is 30.3 Å². The average molecular weight is 424 g/mol. The molecule has 0 saturated carbocycles. The van der Waals surface area contributed by atoms with Gasteiger partial charge in [0.05, 0.1) is 5.92 Å². The molecule has 5 N–H and O–H groups in total. The van der Waals surface area contributed by atoms with E-state index in [-0.39, 0.29) is 36.7 Å². The fourth-order valence-corrected chi connectivity index (χ4v) is 3.59. The highest BCUT2D eigenvalue weighted by Gasteiger charge is 2.23. The second-order valence-corrected chi connectivity index (χ2v) is 7.72. The third-order valence-electron chi connectivity index (χ3n) is 5.22. The number of nitrogens with two attached hydrogens (primary N) is 1. The second kappa shape index (κ2) is 11.1. The largest absolute Gasteiger partial charge is 0.369 e. The van der Waals surface area contributed by atoms with E-state index < -0.39 is 0 Å². The van der Waals surface area contributed by atoms with Gasteiger partial charge in [-0.15, -0.1) is 0 Å². The van der Waals surface area contributed by atoms with Crippen LogP contribution in [-0.4, -0.2) is 42.4 Å². The lowest BCUT2D eigenvalue weighted by molar-refractivity contribution is -0.123. The minimum atomic E-state index is -0.348. The second-order valence-electron chi connectivity index (χ2n) is 7.72. The fraction of sp³-hybridized carbons (Fsp3) is 0.348. The van der Waals surface area contributed by atoms with Gasteiger partial charge in [-0.05, 0) is 49.2 Å². The zero-order valence-corrected chi connectivity index (χ0v) is 17.5. The van der Waals surface area contributed by atoms with Gasteiger partial charge in [-0.2, -0.15) is 0 Å². The van der Waals surface area contributed by atoms with E-state index in [2.05, 4.69) is 20.9 Å². The molecule has 2 aromatic carbocycles. The van der Waals surface area contributed by atoms with Crippen molar-refractivity contribution in [1.82, 2.24) is 10.2 Å². The molecule has 164 valence electrons. The number of piperidine rings is 1. The van der Waals surface area contributed by atoms with Crippen LogP contribution in [0.4, 0.5) is 16.2 Å². The number of para-hydroxylation sites is 1. The van der Waals surface area contributed by atoms with Crippen molar-refractivity contribution in [2.45, 2.75) is 25.8 Å². The zero-order chi connectivity index (χ0) is 22.1. The third-order valence-corrected chi connectivity index (χ3v) is 5.22. The van der Waals surface area contributed by atoms with Crippen LogP contribution in [0.1, 0.15) is 24.8 Å². The molecule has 1 unspecified atom stereocenters. The molecule has 1 saturated heterocycles. The number of rotatable bonds is 8. The van der Waals surface area contributed by atoms with Crippen LogP contribution in [-0.2, 0) is 16.1 Å². The van der Waals surface area contributed by atoms with E-state index >= 15 is 0 Å². The van der Waals surface area contributed by atoms with Gasteiger partial charge in [0.2, 0.25) is 11.8 Å². The maximum absolute atomic E-state index is 12.1. The minimum absolute atomic E-state index is 0.0734. The highest BCUT2D eigenvalue weighted by atomic mass is 16.2. The summed E-state index contributed by atoms with van der Waals surface area (Å²) in [6, 6.07) is 16.4. The number of amides is 4. The van der Waals surface area contributed by atoms with E-state index in [4.69, 9.17) is 5.73 Å². The first-order valence-corrected chi connectivity index (χ1v) is 10.5. The Balaban J connectivity index is 1.37. The van der Waals surface area contributed by atoms with Crippen molar-refractivity contribution in [3.8, 4) is 0 Å². The monoisotopic (exact) mass is 423 g/mol. The lowest BCUT2D eigenvalue weighted by atomic mass is 9.97. The molecule has 31 heavy (non-hydrogen) atoms. The number of benzene rings is 2. The van der Waals surface area contributed by atoms with Crippen molar-refractivity contribution in [3.63, 3.8) is 0 Å². The van der Waals surface area contributed by atoms with Crippen LogP contribution in [0.15, 0.2) is 54.6 Å². The molecular weight excluding hydrogens is 394 g/mol. The van der Waals surface area contributed by atoms with E-state index in [9.17, 15) is 14.4 Å². The van der Waals surface area contributed by atoms with Gasteiger partial charge in [-0.1, -0.05) is 30.3 Å². The van der Waals surface area contributed by atoms with E-state index in [1.807, 2.05) is 42.5 Å². The first-order valence-electron chi connectivity index (χ1n) is 10.5. The molecule has 2 aromatic rings. The number of primary amides is 1. The van der Waals surface area contributed by atoms with Gasteiger partial charge in [-0.3, -0.25) is 14.5 Å². The summed E-state index contributed by atoms with van der Waals surface area (Å²) in [7, 11) is 0. The lowest BCUT2D eigenvalue weighted by Crippen LogP contribution is -2.40. The average Bonchev–Trinajstić information content (AvgIpc) is 2.76. The topological polar surface area (TPSA) is 117 Å². The van der Waals surface area contributed by atoms with Gasteiger partial charge in [-0.25, -0.2) is 4.79 Å². The molecule has 1 aliphatic rings. The summed E-state index contributed by atoms with van der Waals surface area (Å²) in [6.07, 6.45) is 2.00. The molecule has 1 heterocycles. The molecule has 8 heteroatoms. The molecule has 0 aromatic heterocycles. The number of nitrogens with zero attached hydrogens (tertiary/aromatic N) is 1. The number of hydrogen-bond donors (Lipinski definition) is 4. The molecule has 1 atom stereocenters. The number of carbonyl (C=O) groups is 3. The zero-order valence-electron chi connectivity index (χ0n) is 17.5. The van der Waals surface area contributed by atoms with Crippen molar-refractivity contribution < 1.29 is 14.4 Å². The molecule has 0 aliphatic carbocycles. The summed E-state index contributed by atoms with van der Waals surface area (Å²) in [6.45, 7) is 2.63. The van der Waals surface area contributed by atoms with Crippen LogP contribution in [0.5, 0.6) is 0 Å². The molecule has 1 aliphatic heterocycles.